The molecule has 1 aliphatic carbocycles. The summed E-state index contributed by atoms with van der Waals surface area (Å²) in [4.78, 5) is 7.51. The van der Waals surface area contributed by atoms with Crippen LogP contribution in [0.3, 0.4) is 0 Å². The number of hydrogen-bond donors (Lipinski definition) is 3. The fourth-order valence-corrected chi connectivity index (χ4v) is 3.43. The molecule has 2 aromatic heterocycles. The molecule has 0 bridgehead atoms. The van der Waals surface area contributed by atoms with E-state index in [-0.39, 0.29) is 24.5 Å². The first kappa shape index (κ1) is 20.7. The van der Waals surface area contributed by atoms with Gasteiger partial charge in [-0.25, -0.2) is 9.67 Å². The topological polar surface area (TPSA) is 120 Å². The molecule has 164 valence electrons. The van der Waals surface area contributed by atoms with Crippen LogP contribution in [-0.4, -0.2) is 44.7 Å². The zero-order valence-corrected chi connectivity index (χ0v) is 16.2. The second kappa shape index (κ2) is 8.26. The molecule has 1 saturated carbocycles. The Balaban J connectivity index is 1.64. The third-order valence-electron chi connectivity index (χ3n) is 5.35. The zero-order chi connectivity index (χ0) is 21.3. The minimum absolute atomic E-state index is 0.0942. The monoisotopic (exact) mass is 428 g/mol. The summed E-state index contributed by atoms with van der Waals surface area (Å²) in [5.41, 5.74) is 4.72. The number of nitrogens with zero attached hydrogens (tertiary/aromatic N) is 4. The lowest BCUT2D eigenvalue weighted by Gasteiger charge is -2.27. The molecule has 0 amide bonds. The van der Waals surface area contributed by atoms with Gasteiger partial charge in [-0.3, -0.25) is 0 Å². The second-order valence-corrected chi connectivity index (χ2v) is 7.47. The van der Waals surface area contributed by atoms with E-state index in [0.29, 0.717) is 43.3 Å². The highest BCUT2D eigenvalue weighted by molar-refractivity contribution is 5.61. The molecular weight excluding hydrogens is 405 g/mol. The minimum atomic E-state index is -4.64. The lowest BCUT2D eigenvalue weighted by Crippen LogP contribution is -2.20. The molecule has 0 radical (unpaired) electrons. The van der Waals surface area contributed by atoms with Crippen molar-refractivity contribution in [2.24, 2.45) is 5.92 Å². The fraction of sp³-hybridized carbons (Fsp3) is 0.611. The molecule has 0 aromatic carbocycles. The molecule has 4 rings (SSSR count). The lowest BCUT2D eigenvalue weighted by atomic mass is 9.93. The average molecular weight is 428 g/mol. The summed E-state index contributed by atoms with van der Waals surface area (Å²) in [6.07, 6.45) is -0.305. The number of nitrogen functional groups attached to an aromatic ring is 1. The van der Waals surface area contributed by atoms with Crippen molar-refractivity contribution >= 4 is 17.6 Å². The predicted octanol–water partition coefficient (Wildman–Crippen LogP) is 2.65. The number of aromatic nitrogens is 4. The second-order valence-electron chi connectivity index (χ2n) is 7.47. The van der Waals surface area contributed by atoms with Gasteiger partial charge in [0.05, 0.1) is 25.9 Å². The van der Waals surface area contributed by atoms with E-state index in [1.54, 1.807) is 4.68 Å². The van der Waals surface area contributed by atoms with Gasteiger partial charge in [0.25, 0.3) is 0 Å². The fourth-order valence-electron chi connectivity index (χ4n) is 3.43. The predicted molar refractivity (Wildman–Crippen MR) is 100 cm³/mol. The van der Waals surface area contributed by atoms with Crippen molar-refractivity contribution in [2.45, 2.75) is 44.5 Å². The molecule has 1 unspecified atom stereocenters. The van der Waals surface area contributed by atoms with E-state index in [1.807, 2.05) is 0 Å². The molecular formula is C18H23F3N6O3. The Hall–Kier alpha value is -2.60. The van der Waals surface area contributed by atoms with Crippen LogP contribution in [0.15, 0.2) is 6.20 Å². The van der Waals surface area contributed by atoms with Crippen molar-refractivity contribution in [3.63, 3.8) is 0 Å². The van der Waals surface area contributed by atoms with E-state index >= 15 is 0 Å². The highest BCUT2D eigenvalue weighted by Gasteiger charge is 2.35. The van der Waals surface area contributed by atoms with Crippen LogP contribution in [-0.2, 0) is 17.5 Å². The molecule has 2 fully saturated rings. The van der Waals surface area contributed by atoms with Gasteiger partial charge in [-0.1, -0.05) is 0 Å². The lowest BCUT2D eigenvalue weighted by molar-refractivity contribution is -0.137. The molecule has 2 aromatic rings. The van der Waals surface area contributed by atoms with Crippen LogP contribution in [0.25, 0.3) is 0 Å². The molecule has 12 heteroatoms. The summed E-state index contributed by atoms with van der Waals surface area (Å²) in [5, 5.41) is 17.1. The third kappa shape index (κ3) is 4.15. The molecule has 3 heterocycles. The number of nitrogens with two attached hydrogens (primary N) is 1. The van der Waals surface area contributed by atoms with E-state index in [2.05, 4.69) is 20.4 Å². The number of nitrogens with one attached hydrogen (secondary N) is 1. The Kier molecular flexibility index (Phi) is 5.69. The van der Waals surface area contributed by atoms with E-state index in [9.17, 15) is 18.3 Å². The molecule has 9 nitrogen and oxygen atoms in total. The molecule has 1 atom stereocenters. The van der Waals surface area contributed by atoms with Crippen molar-refractivity contribution < 1.29 is 27.8 Å². The zero-order valence-electron chi connectivity index (χ0n) is 16.2. The van der Waals surface area contributed by atoms with Gasteiger partial charge in [0, 0.05) is 18.7 Å². The van der Waals surface area contributed by atoms with Gasteiger partial charge in [-0.15, -0.1) is 0 Å². The Morgan fingerprint density at radius 3 is 2.70 bits per heavy atom. The summed E-state index contributed by atoms with van der Waals surface area (Å²) in [5.74, 6) is 0.150. The summed E-state index contributed by atoms with van der Waals surface area (Å²) < 4.78 is 51.8. The first-order valence-electron chi connectivity index (χ1n) is 9.76. The van der Waals surface area contributed by atoms with Crippen LogP contribution >= 0.6 is 0 Å². The number of alkyl halides is 3. The highest BCUT2D eigenvalue weighted by atomic mass is 19.4. The van der Waals surface area contributed by atoms with Crippen molar-refractivity contribution in [3.8, 4) is 5.75 Å². The number of rotatable bonds is 7. The van der Waals surface area contributed by atoms with E-state index in [0.717, 1.165) is 25.7 Å². The van der Waals surface area contributed by atoms with E-state index in [1.165, 1.54) is 0 Å². The number of anilines is 3. The van der Waals surface area contributed by atoms with Gasteiger partial charge in [0.2, 0.25) is 5.95 Å². The van der Waals surface area contributed by atoms with E-state index in [4.69, 9.17) is 15.2 Å². The summed E-state index contributed by atoms with van der Waals surface area (Å²) in [7, 11) is 0. The Bertz CT molecular complexity index is 894. The van der Waals surface area contributed by atoms with Crippen LogP contribution in [0.2, 0.25) is 0 Å². The molecule has 4 N–H and O–H groups in total. The van der Waals surface area contributed by atoms with Crippen molar-refractivity contribution in [3.05, 3.63) is 17.5 Å². The summed E-state index contributed by atoms with van der Waals surface area (Å²) in [6.45, 7) is 1.29. The van der Waals surface area contributed by atoms with Gasteiger partial charge in [-0.2, -0.15) is 23.3 Å². The summed E-state index contributed by atoms with van der Waals surface area (Å²) >= 11 is 0. The number of ether oxygens (including phenoxy) is 2. The van der Waals surface area contributed by atoms with Gasteiger partial charge in [-0.05, 0) is 25.7 Å². The van der Waals surface area contributed by atoms with Crippen LogP contribution < -0.4 is 15.8 Å². The van der Waals surface area contributed by atoms with Gasteiger partial charge in [0.1, 0.15) is 17.1 Å². The third-order valence-corrected chi connectivity index (χ3v) is 5.35. The number of aliphatic hydroxyl groups is 1. The molecule has 30 heavy (non-hydrogen) atoms. The Morgan fingerprint density at radius 1 is 1.33 bits per heavy atom. The quantitative estimate of drug-likeness (QED) is 0.616. The van der Waals surface area contributed by atoms with Crippen molar-refractivity contribution in [1.82, 2.24) is 19.7 Å². The van der Waals surface area contributed by atoms with Gasteiger partial charge in [0.15, 0.2) is 11.6 Å². The van der Waals surface area contributed by atoms with Crippen LogP contribution in [0.4, 0.5) is 30.8 Å². The Labute approximate surface area is 170 Å². The smallest absolute Gasteiger partial charge is 0.421 e. The average Bonchev–Trinajstić information content (AvgIpc) is 3.26. The molecule has 1 aliphatic heterocycles. The molecule has 1 saturated heterocycles. The first-order chi connectivity index (χ1) is 14.4. The van der Waals surface area contributed by atoms with Crippen LogP contribution in [0, 0.1) is 5.92 Å². The molecule has 0 spiro atoms. The number of aliphatic hydroxyl groups excluding tert-OH is 1. The first-order valence-corrected chi connectivity index (χ1v) is 9.76. The van der Waals surface area contributed by atoms with Crippen LogP contribution in [0.1, 0.15) is 43.0 Å². The number of hydrogen-bond acceptors (Lipinski definition) is 8. The molecule has 2 aliphatic rings. The largest absolute Gasteiger partial charge is 0.487 e. The standard InChI is InChI=1S/C18H23F3N6O3/c19-18(20,21)12-6-23-17(24-15(12)22)25-16-14(30-9-10-4-5-29-8-10)13(7-28)26-27(16)11-2-1-3-11/h6,10-11,28H,1-5,7-9H2,(H3,22,23,24,25). The van der Waals surface area contributed by atoms with Crippen LogP contribution in [0.5, 0.6) is 5.75 Å². The Morgan fingerprint density at radius 2 is 2.13 bits per heavy atom. The SMILES string of the molecule is Nc1nc(Nc2c(OCC3CCOC3)c(CO)nn2C2CCC2)ncc1C(F)(F)F. The van der Waals surface area contributed by atoms with Gasteiger partial charge >= 0.3 is 6.18 Å². The summed E-state index contributed by atoms with van der Waals surface area (Å²) in [6, 6.07) is 0.0942. The van der Waals surface area contributed by atoms with Gasteiger partial charge < -0.3 is 25.6 Å². The maximum Gasteiger partial charge on any atom is 0.421 e. The van der Waals surface area contributed by atoms with Crippen molar-refractivity contribution in [2.75, 3.05) is 30.9 Å². The minimum Gasteiger partial charge on any atom is -0.487 e. The highest BCUT2D eigenvalue weighted by Crippen LogP contribution is 2.40. The van der Waals surface area contributed by atoms with Crippen molar-refractivity contribution in [1.29, 1.82) is 0 Å². The maximum absolute atomic E-state index is 12.9. The number of halogens is 3. The van der Waals surface area contributed by atoms with E-state index < -0.39 is 17.6 Å². The normalized spacial score (nSPS) is 19.7. The maximum atomic E-state index is 12.9.